The number of carbonyl (C=O) groups excluding carboxylic acids is 3. The molecule has 10 heteroatoms. The molecule has 4 aromatic carbocycles. The van der Waals surface area contributed by atoms with Gasteiger partial charge in [0.2, 0.25) is 0 Å². The van der Waals surface area contributed by atoms with Gasteiger partial charge in [0.1, 0.15) is 51.6 Å². The van der Waals surface area contributed by atoms with E-state index < -0.39 is 36.2 Å². The van der Waals surface area contributed by atoms with Crippen molar-refractivity contribution in [1.82, 2.24) is 10.2 Å². The van der Waals surface area contributed by atoms with Crippen LogP contribution in [0.15, 0.2) is 133 Å². The highest BCUT2D eigenvalue weighted by atomic mass is 79.9. The van der Waals surface area contributed by atoms with Gasteiger partial charge in [-0.05, 0) is 69.3 Å². The van der Waals surface area contributed by atoms with Crippen molar-refractivity contribution in [3.8, 4) is 5.75 Å². The molecule has 2 heterocycles. The van der Waals surface area contributed by atoms with Crippen LogP contribution in [0.5, 0.6) is 5.75 Å². The standard InChI is InChI=1S/C38H37N2O5PS.BrH/c1-38(2,3)45-37(43)34-27(26-47-36-33(35(42)40(34)36)39-32(41)24-44-28-16-8-4-9-17-28)25-46(29-18-10-5-11-19-29,30-20-12-6-13-21-30)31-22-14-7-15-23-31;/h4-23,33,36H,24-26H2,1-3H3;1H/t33-,36+;/m1./s1. The van der Waals surface area contributed by atoms with Crippen LogP contribution in [-0.4, -0.2) is 58.2 Å². The van der Waals surface area contributed by atoms with Crippen molar-refractivity contribution in [2.45, 2.75) is 37.8 Å². The van der Waals surface area contributed by atoms with Crippen LogP contribution < -0.4 is 42.9 Å². The highest BCUT2D eigenvalue weighted by Crippen LogP contribution is 2.58. The Morgan fingerprint density at radius 1 is 0.812 bits per heavy atom. The normalized spacial score (nSPS) is 17.4. The highest BCUT2D eigenvalue weighted by molar-refractivity contribution is 8.00. The van der Waals surface area contributed by atoms with Gasteiger partial charge in [0.25, 0.3) is 11.8 Å². The van der Waals surface area contributed by atoms with Gasteiger partial charge < -0.3 is 31.8 Å². The zero-order valence-electron chi connectivity index (χ0n) is 27.0. The Balaban J connectivity index is 0.00000451. The quantitative estimate of drug-likeness (QED) is 0.152. The van der Waals surface area contributed by atoms with Crippen molar-refractivity contribution in [3.05, 3.63) is 133 Å². The van der Waals surface area contributed by atoms with Crippen LogP contribution in [0.3, 0.4) is 0 Å². The third-order valence-corrected chi connectivity index (χ3v) is 13.8. The molecule has 0 aromatic heterocycles. The monoisotopic (exact) mass is 744 g/mol. The molecule has 0 saturated carbocycles. The van der Waals surface area contributed by atoms with Crippen LogP contribution in [0.25, 0.3) is 0 Å². The van der Waals surface area contributed by atoms with Crippen molar-refractivity contribution < 1.29 is 40.8 Å². The van der Waals surface area contributed by atoms with Crippen molar-refractivity contribution in [3.63, 3.8) is 0 Å². The molecule has 1 saturated heterocycles. The maximum absolute atomic E-state index is 14.1. The Hall–Kier alpha value is -3.91. The van der Waals surface area contributed by atoms with E-state index in [4.69, 9.17) is 9.47 Å². The molecular weight excluding hydrogens is 707 g/mol. The van der Waals surface area contributed by atoms with Crippen LogP contribution in [0.1, 0.15) is 20.8 Å². The first-order chi connectivity index (χ1) is 22.7. The molecule has 0 unspecified atom stereocenters. The number of hydrogen-bond donors (Lipinski definition) is 1. The molecule has 0 bridgehead atoms. The second kappa shape index (κ2) is 15.1. The number of carbonyl (C=O) groups is 3. The number of thioether (sulfide) groups is 1. The molecule has 0 aliphatic carbocycles. The van der Waals surface area contributed by atoms with Gasteiger partial charge in [0, 0.05) is 11.3 Å². The first-order valence-electron chi connectivity index (χ1n) is 15.6. The number of hydrogen-bond acceptors (Lipinski definition) is 6. The lowest BCUT2D eigenvalue weighted by Gasteiger charge is -2.50. The minimum absolute atomic E-state index is 0. The number of halogens is 1. The van der Waals surface area contributed by atoms with Crippen LogP contribution in [0.4, 0.5) is 0 Å². The molecular formula is C38H38BrN2O5PS. The number of fused-ring (bicyclic) bond motifs is 1. The van der Waals surface area contributed by atoms with Crippen LogP contribution in [-0.2, 0) is 19.1 Å². The minimum Gasteiger partial charge on any atom is -1.00 e. The number of β-lactam (4-membered cyclic amide) rings is 1. The fraction of sp³-hybridized carbons (Fsp3) is 0.237. The fourth-order valence-electron chi connectivity index (χ4n) is 6.06. The lowest BCUT2D eigenvalue weighted by Crippen LogP contribution is -3.00. The number of rotatable bonds is 10. The molecule has 248 valence electrons. The van der Waals surface area contributed by atoms with Gasteiger partial charge in [0.05, 0.1) is 6.16 Å². The van der Waals surface area contributed by atoms with Gasteiger partial charge in [0.15, 0.2) is 6.61 Å². The van der Waals surface area contributed by atoms with Crippen LogP contribution >= 0.6 is 19.0 Å². The maximum atomic E-state index is 14.1. The van der Waals surface area contributed by atoms with E-state index in [0.717, 1.165) is 5.57 Å². The number of amides is 2. The van der Waals surface area contributed by atoms with Crippen molar-refractivity contribution in [1.29, 1.82) is 0 Å². The van der Waals surface area contributed by atoms with Gasteiger partial charge in [-0.1, -0.05) is 72.8 Å². The summed E-state index contributed by atoms with van der Waals surface area (Å²) in [6.45, 7) is 5.25. The Morgan fingerprint density at radius 2 is 1.29 bits per heavy atom. The molecule has 2 amide bonds. The second-order valence-corrected chi connectivity index (χ2v) is 17.1. The molecule has 48 heavy (non-hydrogen) atoms. The summed E-state index contributed by atoms with van der Waals surface area (Å²) in [5.41, 5.74) is 0.374. The first-order valence-corrected chi connectivity index (χ1v) is 18.6. The van der Waals surface area contributed by atoms with Gasteiger partial charge in [-0.3, -0.25) is 14.5 Å². The maximum Gasteiger partial charge on any atom is 0.355 e. The van der Waals surface area contributed by atoms with Gasteiger partial charge in [-0.2, -0.15) is 0 Å². The number of nitrogens with one attached hydrogen (secondary N) is 1. The molecule has 4 aromatic rings. The fourth-order valence-corrected chi connectivity index (χ4v) is 11.9. The average molecular weight is 746 g/mol. The molecule has 2 atom stereocenters. The smallest absolute Gasteiger partial charge is 0.355 e. The Morgan fingerprint density at radius 3 is 1.77 bits per heavy atom. The molecule has 6 rings (SSSR count). The zero-order valence-corrected chi connectivity index (χ0v) is 30.3. The predicted molar refractivity (Wildman–Crippen MR) is 190 cm³/mol. The molecule has 0 spiro atoms. The summed E-state index contributed by atoms with van der Waals surface area (Å²) in [6.07, 6.45) is 0.547. The van der Waals surface area contributed by atoms with E-state index in [1.165, 1.54) is 20.8 Å². The van der Waals surface area contributed by atoms with E-state index in [-0.39, 0.29) is 35.2 Å². The average Bonchev–Trinajstić information content (AvgIpc) is 3.09. The van der Waals surface area contributed by atoms with E-state index in [2.05, 4.69) is 78.1 Å². The summed E-state index contributed by atoms with van der Waals surface area (Å²) in [6, 6.07) is 39.6. The van der Waals surface area contributed by atoms with Crippen molar-refractivity contribution >= 4 is 52.7 Å². The van der Waals surface area contributed by atoms with Crippen LogP contribution in [0, 0.1) is 0 Å². The van der Waals surface area contributed by atoms with Gasteiger partial charge in [-0.15, -0.1) is 11.8 Å². The Labute approximate surface area is 297 Å². The SMILES string of the molecule is CC(C)(C)OC(=O)C1=C(C[P+](c2ccccc2)(c2ccccc2)c2ccccc2)CS[C@H]2[C@H](NC(=O)COc3ccccc3)C(=O)N12.[Br-]. The lowest BCUT2D eigenvalue weighted by molar-refractivity contribution is -0.159. The topological polar surface area (TPSA) is 84.9 Å². The summed E-state index contributed by atoms with van der Waals surface area (Å²) in [4.78, 5) is 42.3. The molecule has 2 aliphatic heterocycles. The highest BCUT2D eigenvalue weighted by Gasteiger charge is 2.57. The molecule has 2 aliphatic rings. The summed E-state index contributed by atoms with van der Waals surface area (Å²) in [5.74, 6) is -0.196. The predicted octanol–water partition coefficient (Wildman–Crippen LogP) is 2.06. The summed E-state index contributed by atoms with van der Waals surface area (Å²) in [7, 11) is -2.37. The lowest BCUT2D eigenvalue weighted by atomic mass is 10.0. The number of ether oxygens (including phenoxy) is 2. The van der Waals surface area contributed by atoms with Crippen molar-refractivity contribution in [2.75, 3.05) is 18.5 Å². The number of benzene rings is 4. The Kier molecular flexibility index (Phi) is 11.1. The van der Waals surface area contributed by atoms with Crippen molar-refractivity contribution in [2.24, 2.45) is 0 Å². The number of para-hydroxylation sites is 1. The van der Waals surface area contributed by atoms with Crippen LogP contribution in [0.2, 0.25) is 0 Å². The van der Waals surface area contributed by atoms with E-state index in [9.17, 15) is 14.4 Å². The molecule has 0 radical (unpaired) electrons. The van der Waals surface area contributed by atoms with Gasteiger partial charge >= 0.3 is 5.97 Å². The number of esters is 1. The van der Waals surface area contributed by atoms with E-state index in [1.807, 2.05) is 57.2 Å². The minimum atomic E-state index is -2.37. The first kappa shape index (κ1) is 35.4. The third kappa shape index (κ3) is 7.39. The third-order valence-electron chi connectivity index (χ3n) is 8.09. The molecule has 1 N–H and O–H groups in total. The second-order valence-electron chi connectivity index (χ2n) is 12.5. The summed E-state index contributed by atoms with van der Waals surface area (Å²) < 4.78 is 11.5. The summed E-state index contributed by atoms with van der Waals surface area (Å²) >= 11 is 1.56. The largest absolute Gasteiger partial charge is 1.00 e. The molecule has 1 fully saturated rings. The van der Waals surface area contributed by atoms with Gasteiger partial charge in [-0.25, -0.2) is 4.79 Å². The summed E-state index contributed by atoms with van der Waals surface area (Å²) in [5, 5.41) is 5.94. The Bertz CT molecular complexity index is 1670. The number of nitrogens with zero attached hydrogens (tertiary/aromatic N) is 1. The zero-order chi connectivity index (χ0) is 33.0. The van der Waals surface area contributed by atoms with E-state index >= 15 is 0 Å². The van der Waals surface area contributed by atoms with E-state index in [1.54, 1.807) is 23.9 Å². The van der Waals surface area contributed by atoms with E-state index in [0.29, 0.717) is 17.7 Å². The molecule has 7 nitrogen and oxygen atoms in total.